The number of aryl methyl sites for hydroxylation is 2. The van der Waals surface area contributed by atoms with Gasteiger partial charge in [0.1, 0.15) is 5.15 Å². The van der Waals surface area contributed by atoms with Crippen LogP contribution in [0, 0.1) is 18.8 Å². The molecule has 0 fully saturated rings. The molecular formula is C11H18BrClN2. The van der Waals surface area contributed by atoms with Crippen LogP contribution in [0.25, 0.3) is 0 Å². The van der Waals surface area contributed by atoms with Crippen LogP contribution in [-0.4, -0.2) is 15.1 Å². The van der Waals surface area contributed by atoms with Crippen LogP contribution >= 0.6 is 27.5 Å². The smallest absolute Gasteiger partial charge is 0.130 e. The molecule has 0 aliphatic carbocycles. The Bertz CT molecular complexity index is 334. The molecule has 0 bridgehead atoms. The monoisotopic (exact) mass is 292 g/mol. The predicted molar refractivity (Wildman–Crippen MR) is 68.8 cm³/mol. The highest BCUT2D eigenvalue weighted by Gasteiger charge is 2.18. The molecule has 0 aliphatic rings. The molecule has 1 aromatic rings. The summed E-state index contributed by atoms with van der Waals surface area (Å²) in [5.74, 6) is 1.27. The van der Waals surface area contributed by atoms with Gasteiger partial charge >= 0.3 is 0 Å². The fourth-order valence-corrected chi connectivity index (χ4v) is 2.86. The van der Waals surface area contributed by atoms with Crippen molar-refractivity contribution in [3.63, 3.8) is 0 Å². The molecule has 1 rings (SSSR count). The average Bonchev–Trinajstić information content (AvgIpc) is 2.39. The Kier molecular flexibility index (Phi) is 4.65. The van der Waals surface area contributed by atoms with Gasteiger partial charge in [-0.15, -0.1) is 0 Å². The van der Waals surface area contributed by atoms with Crippen molar-refractivity contribution < 1.29 is 0 Å². The fraction of sp³-hybridized carbons (Fsp3) is 0.727. The molecule has 0 saturated heterocycles. The molecule has 0 spiro atoms. The summed E-state index contributed by atoms with van der Waals surface area (Å²) in [7, 11) is 1.89. The summed E-state index contributed by atoms with van der Waals surface area (Å²) in [5.41, 5.74) is 2.24. The topological polar surface area (TPSA) is 17.8 Å². The van der Waals surface area contributed by atoms with E-state index in [4.69, 9.17) is 11.6 Å². The van der Waals surface area contributed by atoms with E-state index < -0.39 is 0 Å². The van der Waals surface area contributed by atoms with Crippen molar-refractivity contribution in [1.82, 2.24) is 9.78 Å². The fourth-order valence-electron chi connectivity index (χ4n) is 1.64. The Labute approximate surface area is 105 Å². The molecule has 0 radical (unpaired) electrons. The summed E-state index contributed by atoms with van der Waals surface area (Å²) in [6, 6.07) is 0. The second kappa shape index (κ2) is 5.35. The minimum Gasteiger partial charge on any atom is -0.257 e. The van der Waals surface area contributed by atoms with Crippen LogP contribution in [0.1, 0.15) is 25.1 Å². The van der Waals surface area contributed by atoms with Crippen molar-refractivity contribution in [3.05, 3.63) is 16.4 Å². The number of hydrogen-bond donors (Lipinski definition) is 0. The van der Waals surface area contributed by atoms with Crippen LogP contribution in [0.4, 0.5) is 0 Å². The number of nitrogens with zero attached hydrogens (tertiary/aromatic N) is 2. The van der Waals surface area contributed by atoms with Gasteiger partial charge in [0.05, 0.1) is 5.69 Å². The van der Waals surface area contributed by atoms with Crippen LogP contribution in [0.5, 0.6) is 0 Å². The first kappa shape index (κ1) is 13.0. The Morgan fingerprint density at radius 2 is 2.07 bits per heavy atom. The highest BCUT2D eigenvalue weighted by molar-refractivity contribution is 9.09. The number of halogens is 2. The minimum absolute atomic E-state index is 0.616. The van der Waals surface area contributed by atoms with Gasteiger partial charge in [0.25, 0.3) is 0 Å². The van der Waals surface area contributed by atoms with Crippen molar-refractivity contribution in [1.29, 1.82) is 0 Å². The Hall–Kier alpha value is -0.0200. The third-order valence-electron chi connectivity index (χ3n) is 2.88. The molecule has 4 heteroatoms. The number of alkyl halides is 1. The van der Waals surface area contributed by atoms with Crippen molar-refractivity contribution in [3.8, 4) is 0 Å². The summed E-state index contributed by atoms with van der Waals surface area (Å²) in [5, 5.41) is 6.11. The molecule has 0 aromatic carbocycles. The average molecular weight is 294 g/mol. The third kappa shape index (κ3) is 2.97. The second-order valence-corrected chi connectivity index (χ2v) is 5.35. The highest BCUT2D eigenvalue weighted by Crippen LogP contribution is 2.26. The Balaban J connectivity index is 2.88. The van der Waals surface area contributed by atoms with E-state index in [9.17, 15) is 0 Å². The molecule has 1 unspecified atom stereocenters. The first-order valence-electron chi connectivity index (χ1n) is 5.21. The van der Waals surface area contributed by atoms with E-state index in [1.807, 2.05) is 14.0 Å². The molecular weight excluding hydrogens is 275 g/mol. The quantitative estimate of drug-likeness (QED) is 0.776. The van der Waals surface area contributed by atoms with E-state index in [-0.39, 0.29) is 0 Å². The number of aromatic nitrogens is 2. The van der Waals surface area contributed by atoms with E-state index in [1.165, 1.54) is 5.56 Å². The zero-order valence-electron chi connectivity index (χ0n) is 9.72. The number of rotatable bonds is 4. The zero-order valence-corrected chi connectivity index (χ0v) is 12.1. The largest absolute Gasteiger partial charge is 0.257 e. The van der Waals surface area contributed by atoms with Crippen molar-refractivity contribution >= 4 is 27.5 Å². The maximum absolute atomic E-state index is 6.20. The maximum atomic E-state index is 6.20. The normalized spacial score (nSPS) is 13.5. The van der Waals surface area contributed by atoms with Gasteiger partial charge in [-0.2, -0.15) is 5.10 Å². The minimum atomic E-state index is 0.616. The Morgan fingerprint density at radius 1 is 1.47 bits per heavy atom. The molecule has 1 atom stereocenters. The lowest BCUT2D eigenvalue weighted by Crippen LogP contribution is -2.13. The Morgan fingerprint density at radius 3 is 2.40 bits per heavy atom. The van der Waals surface area contributed by atoms with Crippen molar-refractivity contribution in [2.45, 2.75) is 27.2 Å². The summed E-state index contributed by atoms with van der Waals surface area (Å²) in [6.07, 6.45) is 1.00. The van der Waals surface area contributed by atoms with Crippen LogP contribution in [0.2, 0.25) is 5.15 Å². The van der Waals surface area contributed by atoms with Gasteiger partial charge in [0.15, 0.2) is 0 Å². The third-order valence-corrected chi connectivity index (χ3v) is 4.18. The van der Waals surface area contributed by atoms with Gasteiger partial charge in [-0.05, 0) is 25.2 Å². The highest BCUT2D eigenvalue weighted by atomic mass is 79.9. The van der Waals surface area contributed by atoms with E-state index in [2.05, 4.69) is 34.9 Å². The second-order valence-electron chi connectivity index (χ2n) is 4.34. The first-order valence-corrected chi connectivity index (χ1v) is 6.71. The molecule has 0 N–H and O–H groups in total. The first-order chi connectivity index (χ1) is 6.97. The molecule has 86 valence electrons. The molecule has 0 saturated carbocycles. The molecule has 0 aliphatic heterocycles. The lowest BCUT2D eigenvalue weighted by atomic mass is 9.91. The summed E-state index contributed by atoms with van der Waals surface area (Å²) in [4.78, 5) is 0. The van der Waals surface area contributed by atoms with Crippen LogP contribution in [0.15, 0.2) is 0 Å². The van der Waals surface area contributed by atoms with Crippen LogP contribution in [-0.2, 0) is 13.5 Å². The van der Waals surface area contributed by atoms with Crippen LogP contribution in [0.3, 0.4) is 0 Å². The summed E-state index contributed by atoms with van der Waals surface area (Å²) >= 11 is 9.76. The van der Waals surface area contributed by atoms with Gasteiger partial charge in [0.2, 0.25) is 0 Å². The lowest BCUT2D eigenvalue weighted by Gasteiger charge is -2.17. The van der Waals surface area contributed by atoms with E-state index in [0.29, 0.717) is 11.8 Å². The lowest BCUT2D eigenvalue weighted by molar-refractivity contribution is 0.426. The molecule has 0 amide bonds. The maximum Gasteiger partial charge on any atom is 0.130 e. The standard InChI is InChI=1S/C11H18BrClN2/c1-7(2)9(6-12)5-10-8(3)14-15(4)11(10)13/h7,9H,5-6H2,1-4H3. The van der Waals surface area contributed by atoms with Crippen molar-refractivity contribution in [2.75, 3.05) is 5.33 Å². The molecule has 1 heterocycles. The van der Waals surface area contributed by atoms with Gasteiger partial charge < -0.3 is 0 Å². The van der Waals surface area contributed by atoms with Gasteiger partial charge in [-0.25, -0.2) is 0 Å². The van der Waals surface area contributed by atoms with E-state index in [1.54, 1.807) is 4.68 Å². The van der Waals surface area contributed by atoms with Crippen molar-refractivity contribution in [2.24, 2.45) is 18.9 Å². The number of hydrogen-bond acceptors (Lipinski definition) is 1. The van der Waals surface area contributed by atoms with Gasteiger partial charge in [-0.1, -0.05) is 41.4 Å². The van der Waals surface area contributed by atoms with E-state index >= 15 is 0 Å². The summed E-state index contributed by atoms with van der Waals surface area (Å²) < 4.78 is 1.75. The van der Waals surface area contributed by atoms with Crippen LogP contribution < -0.4 is 0 Å². The predicted octanol–water partition coefficient (Wildman–Crippen LogP) is 3.59. The SMILES string of the molecule is Cc1nn(C)c(Cl)c1CC(CBr)C(C)C. The van der Waals surface area contributed by atoms with Gasteiger partial charge in [-0.3, -0.25) is 4.68 Å². The van der Waals surface area contributed by atoms with Gasteiger partial charge in [0, 0.05) is 17.9 Å². The molecule has 1 aromatic heterocycles. The van der Waals surface area contributed by atoms with E-state index in [0.717, 1.165) is 22.6 Å². The molecule has 2 nitrogen and oxygen atoms in total. The zero-order chi connectivity index (χ0) is 11.6. The summed E-state index contributed by atoms with van der Waals surface area (Å²) in [6.45, 7) is 6.50. The molecule has 15 heavy (non-hydrogen) atoms.